The fourth-order valence-electron chi connectivity index (χ4n) is 1.61. The van der Waals surface area contributed by atoms with E-state index in [-0.39, 0.29) is 5.91 Å². The fourth-order valence-corrected chi connectivity index (χ4v) is 2.39. The highest BCUT2D eigenvalue weighted by molar-refractivity contribution is 7.17. The maximum Gasteiger partial charge on any atom is 0.272 e. The summed E-state index contributed by atoms with van der Waals surface area (Å²) in [6, 6.07) is 7.39. The molecule has 1 amide bonds. The Hall–Kier alpha value is -2.14. The van der Waals surface area contributed by atoms with Gasteiger partial charge in [-0.3, -0.25) is 9.78 Å². The van der Waals surface area contributed by atoms with Gasteiger partial charge in [-0.05, 0) is 29.6 Å². The number of nitrogens with zero attached hydrogens (tertiary/aromatic N) is 1. The molecule has 0 fully saturated rings. The Labute approximate surface area is 101 Å². The minimum Gasteiger partial charge on any atom is -0.350 e. The van der Waals surface area contributed by atoms with Crippen molar-refractivity contribution in [3.63, 3.8) is 0 Å². The Morgan fingerprint density at radius 3 is 3.12 bits per heavy atom. The van der Waals surface area contributed by atoms with Gasteiger partial charge in [-0.25, -0.2) is 0 Å². The second kappa shape index (κ2) is 4.03. The van der Waals surface area contributed by atoms with E-state index < -0.39 is 0 Å². The van der Waals surface area contributed by atoms with E-state index in [1.807, 2.05) is 17.5 Å². The smallest absolute Gasteiger partial charge is 0.272 e. The fraction of sp³-hybridized carbons (Fsp3) is 0. The largest absolute Gasteiger partial charge is 0.350 e. The Kier molecular flexibility index (Phi) is 2.38. The molecule has 3 aromatic rings. The number of thiophene rings is 1. The van der Waals surface area contributed by atoms with Crippen molar-refractivity contribution in [2.75, 3.05) is 5.32 Å². The van der Waals surface area contributed by atoms with E-state index in [9.17, 15) is 4.79 Å². The summed E-state index contributed by atoms with van der Waals surface area (Å²) in [5, 5.41) is 4.77. The highest BCUT2D eigenvalue weighted by atomic mass is 32.1. The second-order valence-electron chi connectivity index (χ2n) is 3.58. The van der Waals surface area contributed by atoms with Crippen LogP contribution in [0.5, 0.6) is 0 Å². The van der Waals surface area contributed by atoms with Gasteiger partial charge in [0.1, 0.15) is 5.69 Å². The first-order valence-corrected chi connectivity index (χ1v) is 5.98. The van der Waals surface area contributed by atoms with Gasteiger partial charge in [-0.2, -0.15) is 0 Å². The van der Waals surface area contributed by atoms with Gasteiger partial charge in [0.2, 0.25) is 0 Å². The number of aromatic amines is 1. The van der Waals surface area contributed by atoms with Crippen molar-refractivity contribution >= 4 is 33.1 Å². The first kappa shape index (κ1) is 10.0. The lowest BCUT2D eigenvalue weighted by Gasteiger charge is -2.01. The summed E-state index contributed by atoms with van der Waals surface area (Å²) in [6.07, 6.45) is 3.28. The number of hydrogen-bond donors (Lipinski definition) is 2. The van der Waals surface area contributed by atoms with E-state index >= 15 is 0 Å². The van der Waals surface area contributed by atoms with Gasteiger partial charge < -0.3 is 10.3 Å². The molecule has 0 aliphatic carbocycles. The molecule has 0 spiro atoms. The molecule has 3 heterocycles. The van der Waals surface area contributed by atoms with E-state index in [4.69, 9.17) is 0 Å². The van der Waals surface area contributed by atoms with Gasteiger partial charge in [0.25, 0.3) is 5.91 Å². The zero-order valence-corrected chi connectivity index (χ0v) is 9.62. The molecule has 0 unspecified atom stereocenters. The third-order valence-electron chi connectivity index (χ3n) is 2.40. The first-order valence-electron chi connectivity index (χ1n) is 5.10. The lowest BCUT2D eigenvalue weighted by molar-refractivity contribution is 0.102. The zero-order valence-electron chi connectivity index (χ0n) is 8.81. The number of rotatable bonds is 2. The molecule has 3 rings (SSSR count). The van der Waals surface area contributed by atoms with Crippen LogP contribution in [0.1, 0.15) is 10.5 Å². The molecule has 0 aliphatic rings. The number of nitrogens with one attached hydrogen (secondary N) is 2. The molecular formula is C12H9N3OS. The van der Waals surface area contributed by atoms with Crippen LogP contribution >= 0.6 is 11.3 Å². The van der Waals surface area contributed by atoms with Crippen molar-refractivity contribution in [2.24, 2.45) is 0 Å². The number of fused-ring (bicyclic) bond motifs is 1. The van der Waals surface area contributed by atoms with Crippen LogP contribution in [0.3, 0.4) is 0 Å². The van der Waals surface area contributed by atoms with Gasteiger partial charge in [-0.15, -0.1) is 11.3 Å². The quantitative estimate of drug-likeness (QED) is 0.727. The molecule has 17 heavy (non-hydrogen) atoms. The predicted octanol–water partition coefficient (Wildman–Crippen LogP) is 2.88. The highest BCUT2D eigenvalue weighted by Gasteiger charge is 2.10. The summed E-state index contributed by atoms with van der Waals surface area (Å²) in [5.74, 6) is -0.151. The number of amides is 1. The highest BCUT2D eigenvalue weighted by Crippen LogP contribution is 2.21. The Bertz CT molecular complexity index is 628. The number of carbonyl (C=O) groups is 1. The Morgan fingerprint density at radius 1 is 1.41 bits per heavy atom. The summed E-state index contributed by atoms with van der Waals surface area (Å²) in [7, 11) is 0. The molecule has 0 saturated carbocycles. The Morgan fingerprint density at radius 2 is 2.35 bits per heavy atom. The normalized spacial score (nSPS) is 10.6. The van der Waals surface area contributed by atoms with Gasteiger partial charge in [0, 0.05) is 6.20 Å². The molecule has 3 aromatic heterocycles. The van der Waals surface area contributed by atoms with Crippen LogP contribution < -0.4 is 5.32 Å². The number of aromatic nitrogens is 2. The summed E-state index contributed by atoms with van der Waals surface area (Å²) in [5.41, 5.74) is 2.25. The maximum absolute atomic E-state index is 11.9. The molecule has 0 radical (unpaired) electrons. The minimum atomic E-state index is -0.151. The van der Waals surface area contributed by atoms with Crippen molar-refractivity contribution in [3.8, 4) is 0 Å². The van der Waals surface area contributed by atoms with Gasteiger partial charge >= 0.3 is 0 Å². The molecular weight excluding hydrogens is 234 g/mol. The molecule has 2 N–H and O–H groups in total. The van der Waals surface area contributed by atoms with E-state index in [0.717, 1.165) is 10.2 Å². The number of H-pyrrole nitrogens is 1. The number of carbonyl (C=O) groups excluding carboxylic acids is 1. The molecule has 4 nitrogen and oxygen atoms in total. The minimum absolute atomic E-state index is 0.151. The summed E-state index contributed by atoms with van der Waals surface area (Å²) in [4.78, 5) is 18.9. The van der Waals surface area contributed by atoms with Crippen molar-refractivity contribution in [3.05, 3.63) is 47.7 Å². The predicted molar refractivity (Wildman–Crippen MR) is 68.4 cm³/mol. The van der Waals surface area contributed by atoms with E-state index in [2.05, 4.69) is 15.3 Å². The second-order valence-corrected chi connectivity index (χ2v) is 4.53. The lowest BCUT2D eigenvalue weighted by atomic mass is 10.3. The standard InChI is InChI=1S/C12H9N3OS/c16-12(14-8-2-1-4-13-7-8)10-6-11-9(15-10)3-5-17-11/h1-7,15H,(H,14,16). The SMILES string of the molecule is O=C(Nc1cccnc1)c1cc2sccc2[nH]1. The topological polar surface area (TPSA) is 57.8 Å². The van der Waals surface area contributed by atoms with Gasteiger partial charge in [0.15, 0.2) is 0 Å². The van der Waals surface area contributed by atoms with E-state index in [1.54, 1.807) is 35.9 Å². The van der Waals surface area contributed by atoms with Crippen molar-refractivity contribution in [2.45, 2.75) is 0 Å². The van der Waals surface area contributed by atoms with Crippen molar-refractivity contribution in [1.82, 2.24) is 9.97 Å². The monoisotopic (exact) mass is 243 g/mol. The third-order valence-corrected chi connectivity index (χ3v) is 3.27. The molecule has 0 aromatic carbocycles. The van der Waals surface area contributed by atoms with Crippen LogP contribution in [-0.4, -0.2) is 15.9 Å². The van der Waals surface area contributed by atoms with Crippen LogP contribution in [0.4, 0.5) is 5.69 Å². The van der Waals surface area contributed by atoms with Gasteiger partial charge in [0.05, 0.1) is 22.1 Å². The Balaban J connectivity index is 1.85. The van der Waals surface area contributed by atoms with Crippen LogP contribution in [0.25, 0.3) is 10.2 Å². The average Bonchev–Trinajstić information content (AvgIpc) is 2.90. The van der Waals surface area contributed by atoms with Crippen molar-refractivity contribution < 1.29 is 4.79 Å². The maximum atomic E-state index is 11.9. The van der Waals surface area contributed by atoms with Crippen LogP contribution in [0.15, 0.2) is 42.0 Å². The van der Waals surface area contributed by atoms with E-state index in [0.29, 0.717) is 11.4 Å². The number of hydrogen-bond acceptors (Lipinski definition) is 3. The molecule has 84 valence electrons. The summed E-state index contributed by atoms with van der Waals surface area (Å²) in [6.45, 7) is 0. The average molecular weight is 243 g/mol. The third kappa shape index (κ3) is 1.92. The number of pyridine rings is 1. The summed E-state index contributed by atoms with van der Waals surface area (Å²) < 4.78 is 1.08. The van der Waals surface area contributed by atoms with Crippen LogP contribution in [0.2, 0.25) is 0 Å². The number of anilines is 1. The molecule has 5 heteroatoms. The van der Waals surface area contributed by atoms with Crippen LogP contribution in [-0.2, 0) is 0 Å². The van der Waals surface area contributed by atoms with Crippen LogP contribution in [0, 0.1) is 0 Å². The molecule has 0 aliphatic heterocycles. The molecule has 0 atom stereocenters. The van der Waals surface area contributed by atoms with Gasteiger partial charge in [-0.1, -0.05) is 0 Å². The lowest BCUT2D eigenvalue weighted by Crippen LogP contribution is -2.12. The zero-order chi connectivity index (χ0) is 11.7. The van der Waals surface area contributed by atoms with Crippen molar-refractivity contribution in [1.29, 1.82) is 0 Å². The summed E-state index contributed by atoms with van der Waals surface area (Å²) >= 11 is 1.61. The van der Waals surface area contributed by atoms with E-state index in [1.165, 1.54) is 0 Å². The molecule has 0 saturated heterocycles. The molecule has 0 bridgehead atoms. The first-order chi connectivity index (χ1) is 8.33.